The summed E-state index contributed by atoms with van der Waals surface area (Å²) in [7, 11) is 3.40. The van der Waals surface area contributed by atoms with Gasteiger partial charge in [-0.05, 0) is 68.5 Å². The number of nitrogens with one attached hydrogen (secondary N) is 2. The third-order valence-corrected chi connectivity index (χ3v) is 9.14. The molecular weight excluding hydrogens is 660 g/mol. The number of carbonyl (C=O) groups excluding carboxylic acids is 3. The zero-order chi connectivity index (χ0) is 37.0. The Kier molecular flexibility index (Phi) is 15.2. The number of ether oxygens (including phenoxy) is 2. The quantitative estimate of drug-likeness (QED) is 0.159. The Morgan fingerprint density at radius 1 is 1.04 bits per heavy atom. The lowest BCUT2D eigenvalue weighted by Crippen LogP contribution is -2.55. The van der Waals surface area contributed by atoms with Crippen molar-refractivity contribution in [2.24, 2.45) is 0 Å². The molecule has 0 bridgehead atoms. The second-order valence-electron chi connectivity index (χ2n) is 12.7. The summed E-state index contributed by atoms with van der Waals surface area (Å²) in [6.07, 6.45) is 8.56. The Bertz CT molecular complexity index is 1550. The van der Waals surface area contributed by atoms with Gasteiger partial charge >= 0.3 is 0 Å². The smallest absolute Gasteiger partial charge is 0.245 e. The number of carbonyl (C=O) groups is 3. The van der Waals surface area contributed by atoms with Gasteiger partial charge in [-0.25, -0.2) is 0 Å². The summed E-state index contributed by atoms with van der Waals surface area (Å²) < 4.78 is 11.7. The maximum absolute atomic E-state index is 12.7. The number of hydrogen-bond donors (Lipinski definition) is 5. The molecule has 0 radical (unpaired) electrons. The van der Waals surface area contributed by atoms with E-state index in [2.05, 4.69) is 22.5 Å². The summed E-state index contributed by atoms with van der Waals surface area (Å²) in [6, 6.07) is 12.7. The van der Waals surface area contributed by atoms with Crippen molar-refractivity contribution in [1.82, 2.24) is 20.4 Å². The van der Waals surface area contributed by atoms with E-state index in [1.165, 1.54) is 16.7 Å². The fraction of sp³-hybridized carbons (Fsp3) is 0.486. The number of aliphatic hydroxyl groups is 3. The fourth-order valence-electron chi connectivity index (χ4n) is 5.29. The molecule has 13 heteroatoms. The maximum atomic E-state index is 12.7. The van der Waals surface area contributed by atoms with E-state index in [0.717, 1.165) is 11.1 Å². The minimum absolute atomic E-state index is 0.0328. The van der Waals surface area contributed by atoms with Crippen LogP contribution in [0.5, 0.6) is 5.75 Å². The van der Waals surface area contributed by atoms with Crippen molar-refractivity contribution in [3.63, 3.8) is 0 Å². The summed E-state index contributed by atoms with van der Waals surface area (Å²) in [5.41, 5.74) is 1.22. The standard InChI is InChI=1S/C37H48N4O8S/c1-8-18-41(6)30(43)23-40(5)19-17-38-36(47)37(3,4)39-29(42)16-20-48-28-14-10-24(11-15-28)21-27-22-26(13-12-25(27)9-2)34-32(45)31(44)33(46)35(49-34)50-7/h1-2,10-15,22,31-35,44-46H,16-21,23H2,3-7H3,(H,38,47)(H,39,42)/t31-,32-,33+,34+,35-/m1/s1. The number of likely N-dealkylation sites (N-methyl/N-ethyl adjacent to an activating group) is 2. The Balaban J connectivity index is 1.47. The van der Waals surface area contributed by atoms with Crippen LogP contribution in [0.15, 0.2) is 42.5 Å². The summed E-state index contributed by atoms with van der Waals surface area (Å²) in [5.74, 6) is 4.85. The largest absolute Gasteiger partial charge is 0.493 e. The lowest BCUT2D eigenvalue weighted by molar-refractivity contribution is -0.200. The van der Waals surface area contributed by atoms with Gasteiger partial charge in [0.05, 0.1) is 26.1 Å². The monoisotopic (exact) mass is 708 g/mol. The van der Waals surface area contributed by atoms with Crippen LogP contribution in [0, 0.1) is 24.7 Å². The van der Waals surface area contributed by atoms with E-state index < -0.39 is 35.4 Å². The zero-order valence-corrected chi connectivity index (χ0v) is 30.0. The van der Waals surface area contributed by atoms with Gasteiger partial charge in [-0.15, -0.1) is 24.6 Å². The van der Waals surface area contributed by atoms with Crippen LogP contribution in [0.3, 0.4) is 0 Å². The molecule has 0 saturated carbocycles. The van der Waals surface area contributed by atoms with Gasteiger partial charge in [0.25, 0.3) is 0 Å². The molecule has 1 aliphatic rings. The normalized spacial score (nSPS) is 20.3. The Morgan fingerprint density at radius 2 is 1.74 bits per heavy atom. The summed E-state index contributed by atoms with van der Waals surface area (Å²) in [5, 5.41) is 36.8. The SMILES string of the molecule is C#CCN(C)C(=O)CN(C)CCNC(=O)C(C)(C)NC(=O)CCOc1ccc(Cc2cc([C@@H]3O[C@H](SC)[C@@H](O)[C@H](O)[C@H]3O)ccc2C#C)cc1. The van der Waals surface area contributed by atoms with Gasteiger partial charge in [0.15, 0.2) is 0 Å². The number of aliphatic hydroxyl groups excluding tert-OH is 3. The van der Waals surface area contributed by atoms with Gasteiger partial charge in [-0.2, -0.15) is 0 Å². The summed E-state index contributed by atoms with van der Waals surface area (Å²) in [4.78, 5) is 40.7. The Hall–Kier alpha value is -4.08. The number of terminal acetylenes is 2. The minimum Gasteiger partial charge on any atom is -0.493 e. The van der Waals surface area contributed by atoms with Crippen molar-refractivity contribution >= 4 is 29.5 Å². The van der Waals surface area contributed by atoms with Gasteiger partial charge in [0.1, 0.15) is 41.1 Å². The second kappa shape index (κ2) is 18.8. The lowest BCUT2D eigenvalue weighted by Gasteiger charge is -2.40. The van der Waals surface area contributed by atoms with Crippen LogP contribution in [0.25, 0.3) is 0 Å². The zero-order valence-electron chi connectivity index (χ0n) is 29.2. The topological polar surface area (TPSA) is 161 Å². The van der Waals surface area contributed by atoms with Gasteiger partial charge in [-0.1, -0.05) is 36.1 Å². The van der Waals surface area contributed by atoms with Crippen LogP contribution in [0.4, 0.5) is 0 Å². The third kappa shape index (κ3) is 11.2. The number of thioether (sulfide) groups is 1. The average Bonchev–Trinajstić information content (AvgIpc) is 3.08. The highest BCUT2D eigenvalue weighted by Crippen LogP contribution is 2.36. The molecule has 3 rings (SSSR count). The first kappa shape index (κ1) is 40.4. The van der Waals surface area contributed by atoms with E-state index in [0.29, 0.717) is 36.4 Å². The second-order valence-corrected chi connectivity index (χ2v) is 13.7. The number of amides is 3. The number of hydrogen-bond acceptors (Lipinski definition) is 10. The van der Waals surface area contributed by atoms with Crippen molar-refractivity contribution in [1.29, 1.82) is 0 Å². The molecule has 2 aromatic carbocycles. The summed E-state index contributed by atoms with van der Waals surface area (Å²) in [6.45, 7) is 4.44. The lowest BCUT2D eigenvalue weighted by atomic mass is 9.91. The highest BCUT2D eigenvalue weighted by molar-refractivity contribution is 7.99. The molecule has 1 heterocycles. The van der Waals surface area contributed by atoms with E-state index in [1.807, 2.05) is 18.2 Å². The molecule has 1 fully saturated rings. The highest BCUT2D eigenvalue weighted by Gasteiger charge is 2.44. The van der Waals surface area contributed by atoms with E-state index in [9.17, 15) is 29.7 Å². The van der Waals surface area contributed by atoms with Gasteiger partial charge in [0.2, 0.25) is 17.7 Å². The van der Waals surface area contributed by atoms with Crippen molar-refractivity contribution < 1.29 is 39.2 Å². The molecule has 5 N–H and O–H groups in total. The average molecular weight is 709 g/mol. The first-order valence-electron chi connectivity index (χ1n) is 16.2. The van der Waals surface area contributed by atoms with Crippen LogP contribution in [-0.4, -0.2) is 125 Å². The number of rotatable bonds is 16. The van der Waals surface area contributed by atoms with Crippen molar-refractivity contribution in [2.75, 3.05) is 53.1 Å². The molecule has 1 saturated heterocycles. The molecular formula is C37H48N4O8S. The molecule has 3 amide bonds. The maximum Gasteiger partial charge on any atom is 0.245 e. The first-order chi connectivity index (χ1) is 23.7. The van der Waals surface area contributed by atoms with Crippen molar-refractivity contribution in [3.05, 3.63) is 64.7 Å². The minimum atomic E-state index is -1.35. The van der Waals surface area contributed by atoms with Crippen LogP contribution in [0.2, 0.25) is 0 Å². The van der Waals surface area contributed by atoms with Crippen LogP contribution in [0.1, 0.15) is 48.6 Å². The van der Waals surface area contributed by atoms with E-state index in [1.54, 1.807) is 63.4 Å². The molecule has 0 aromatic heterocycles. The third-order valence-electron chi connectivity index (χ3n) is 8.29. The predicted octanol–water partition coefficient (Wildman–Crippen LogP) is 0.905. The molecule has 12 nitrogen and oxygen atoms in total. The summed E-state index contributed by atoms with van der Waals surface area (Å²) >= 11 is 1.25. The van der Waals surface area contributed by atoms with Crippen LogP contribution >= 0.6 is 11.8 Å². The molecule has 50 heavy (non-hydrogen) atoms. The van der Waals surface area contributed by atoms with E-state index in [4.69, 9.17) is 22.3 Å². The van der Waals surface area contributed by atoms with E-state index in [-0.39, 0.29) is 43.8 Å². The molecule has 0 aliphatic carbocycles. The highest BCUT2D eigenvalue weighted by atomic mass is 32.2. The molecule has 1 aliphatic heterocycles. The predicted molar refractivity (Wildman–Crippen MR) is 192 cm³/mol. The number of benzene rings is 2. The first-order valence-corrected chi connectivity index (χ1v) is 17.5. The van der Waals surface area contributed by atoms with Gasteiger partial charge in [0, 0.05) is 25.7 Å². The fourth-order valence-corrected chi connectivity index (χ4v) is 5.96. The molecule has 5 atom stereocenters. The Labute approximate surface area is 298 Å². The van der Waals surface area contributed by atoms with E-state index >= 15 is 0 Å². The van der Waals surface area contributed by atoms with Crippen molar-refractivity contribution in [2.45, 2.75) is 62.1 Å². The molecule has 0 spiro atoms. The van der Waals surface area contributed by atoms with Crippen LogP contribution < -0.4 is 15.4 Å². The van der Waals surface area contributed by atoms with Crippen LogP contribution in [-0.2, 0) is 25.5 Å². The van der Waals surface area contributed by atoms with Gasteiger partial charge < -0.3 is 40.3 Å². The molecule has 0 unspecified atom stereocenters. The van der Waals surface area contributed by atoms with Gasteiger partial charge in [-0.3, -0.25) is 19.3 Å². The molecule has 270 valence electrons. The Morgan fingerprint density at radius 3 is 2.38 bits per heavy atom. The number of nitrogens with zero attached hydrogens (tertiary/aromatic N) is 2. The van der Waals surface area contributed by atoms with Crippen molar-refractivity contribution in [3.8, 4) is 30.4 Å². The molecule has 2 aromatic rings.